The summed E-state index contributed by atoms with van der Waals surface area (Å²) in [6.07, 6.45) is 4.09. The summed E-state index contributed by atoms with van der Waals surface area (Å²) in [6, 6.07) is 8.55. The van der Waals surface area contributed by atoms with Crippen molar-refractivity contribution in [3.63, 3.8) is 0 Å². The second kappa shape index (κ2) is 5.22. The van der Waals surface area contributed by atoms with Crippen LogP contribution in [0.5, 0.6) is 5.75 Å². The van der Waals surface area contributed by atoms with E-state index in [0.29, 0.717) is 16.8 Å². The van der Waals surface area contributed by atoms with E-state index in [1.807, 2.05) is 0 Å². The molecule has 1 aromatic rings. The molecule has 0 aliphatic heterocycles. The van der Waals surface area contributed by atoms with Crippen molar-refractivity contribution in [2.45, 2.75) is 50.0 Å². The lowest BCUT2D eigenvalue weighted by Crippen LogP contribution is -2.02. The quantitative estimate of drug-likeness (QED) is 0.723. The van der Waals surface area contributed by atoms with Gasteiger partial charge in [-0.1, -0.05) is 41.9 Å². The topological polar surface area (TPSA) is 9.23 Å². The molecule has 2 unspecified atom stereocenters. The monoisotopic (exact) mass is 282 g/mol. The minimum Gasteiger partial charge on any atom is -0.490 e. The molecule has 0 bridgehead atoms. The Kier molecular flexibility index (Phi) is 3.91. The van der Waals surface area contributed by atoms with Gasteiger partial charge in [0.05, 0.1) is 6.10 Å². The van der Waals surface area contributed by atoms with E-state index < -0.39 is 0 Å². The maximum Gasteiger partial charge on any atom is 0.119 e. The number of rotatable bonds is 5. The van der Waals surface area contributed by atoms with Crippen molar-refractivity contribution in [2.24, 2.45) is 0 Å². The van der Waals surface area contributed by atoms with E-state index in [-0.39, 0.29) is 0 Å². The number of halogens is 1. The van der Waals surface area contributed by atoms with Crippen LogP contribution in [0.25, 0.3) is 0 Å². The molecule has 0 amide bonds. The summed E-state index contributed by atoms with van der Waals surface area (Å²) in [6.45, 7) is 4.47. The number of hydrogen-bond acceptors (Lipinski definition) is 1. The molecule has 1 fully saturated rings. The van der Waals surface area contributed by atoms with Crippen LogP contribution in [0.2, 0.25) is 0 Å². The number of benzene rings is 1. The maximum atomic E-state index is 5.81. The first-order chi connectivity index (χ1) is 7.65. The molecule has 0 radical (unpaired) electrons. The Hall–Kier alpha value is -0.500. The van der Waals surface area contributed by atoms with Crippen LogP contribution in [-0.2, 0) is 0 Å². The third-order valence-electron chi connectivity index (χ3n) is 2.93. The zero-order valence-corrected chi connectivity index (χ0v) is 11.5. The molecule has 1 saturated carbocycles. The number of hydrogen-bond donors (Lipinski definition) is 0. The van der Waals surface area contributed by atoms with Gasteiger partial charge in [0.25, 0.3) is 0 Å². The average molecular weight is 283 g/mol. The zero-order chi connectivity index (χ0) is 11.5. The van der Waals surface area contributed by atoms with Gasteiger partial charge in [0.15, 0.2) is 0 Å². The molecule has 2 atom stereocenters. The van der Waals surface area contributed by atoms with Crippen molar-refractivity contribution in [3.05, 3.63) is 29.8 Å². The summed E-state index contributed by atoms with van der Waals surface area (Å²) in [5, 5.41) is 0. The molecule has 0 spiro atoms. The fourth-order valence-electron chi connectivity index (χ4n) is 1.90. The molecule has 1 aliphatic rings. The molecule has 0 saturated heterocycles. The molecule has 0 heterocycles. The van der Waals surface area contributed by atoms with Gasteiger partial charge in [0.1, 0.15) is 5.75 Å². The minimum atomic E-state index is 0.487. The second-order valence-corrected chi connectivity index (χ2v) is 6.37. The SMILES string of the molecule is CC(Br)CC(C)c1cccc(OC2CC2)c1. The van der Waals surface area contributed by atoms with Gasteiger partial charge in [0.2, 0.25) is 0 Å². The largest absolute Gasteiger partial charge is 0.490 e. The fraction of sp³-hybridized carbons (Fsp3) is 0.571. The summed E-state index contributed by atoms with van der Waals surface area (Å²) in [5.74, 6) is 1.62. The summed E-state index contributed by atoms with van der Waals surface area (Å²) in [7, 11) is 0. The average Bonchev–Trinajstić information content (AvgIpc) is 3.01. The predicted molar refractivity (Wildman–Crippen MR) is 71.5 cm³/mol. The normalized spacial score (nSPS) is 19.2. The van der Waals surface area contributed by atoms with Gasteiger partial charge in [-0.2, -0.15) is 0 Å². The molecule has 2 rings (SSSR count). The van der Waals surface area contributed by atoms with E-state index in [1.165, 1.54) is 18.4 Å². The predicted octanol–water partition coefficient (Wildman–Crippen LogP) is 4.50. The van der Waals surface area contributed by atoms with E-state index in [1.54, 1.807) is 0 Å². The summed E-state index contributed by atoms with van der Waals surface area (Å²) < 4.78 is 5.81. The zero-order valence-electron chi connectivity index (χ0n) is 9.95. The first-order valence-corrected chi connectivity index (χ1v) is 6.97. The highest BCUT2D eigenvalue weighted by molar-refractivity contribution is 9.09. The first-order valence-electron chi connectivity index (χ1n) is 6.06. The van der Waals surface area contributed by atoms with Gasteiger partial charge in [0, 0.05) is 4.83 Å². The van der Waals surface area contributed by atoms with Crippen molar-refractivity contribution in [1.82, 2.24) is 0 Å². The summed E-state index contributed by atoms with van der Waals surface area (Å²) in [5.41, 5.74) is 1.38. The van der Waals surface area contributed by atoms with Crippen LogP contribution < -0.4 is 4.74 Å². The molecule has 16 heavy (non-hydrogen) atoms. The lowest BCUT2D eigenvalue weighted by atomic mass is 9.96. The Morgan fingerprint density at radius 2 is 2.12 bits per heavy atom. The molecule has 0 aromatic heterocycles. The molecule has 1 nitrogen and oxygen atoms in total. The van der Waals surface area contributed by atoms with Crippen LogP contribution in [0.3, 0.4) is 0 Å². The number of ether oxygens (including phenoxy) is 1. The molecular formula is C14H19BrO. The third kappa shape index (κ3) is 3.51. The highest BCUT2D eigenvalue weighted by Gasteiger charge is 2.23. The van der Waals surface area contributed by atoms with E-state index in [4.69, 9.17) is 4.74 Å². The van der Waals surface area contributed by atoms with Gasteiger partial charge in [-0.25, -0.2) is 0 Å². The standard InChI is InChI=1S/C14H19BrO/c1-10(8-11(2)15)12-4-3-5-14(9-12)16-13-6-7-13/h3-5,9-11,13H,6-8H2,1-2H3. The summed E-state index contributed by atoms with van der Waals surface area (Å²) >= 11 is 3.61. The fourth-order valence-corrected chi connectivity index (χ4v) is 2.46. The molecule has 0 N–H and O–H groups in total. The van der Waals surface area contributed by atoms with Gasteiger partial charge < -0.3 is 4.74 Å². The van der Waals surface area contributed by atoms with Crippen molar-refractivity contribution in [3.8, 4) is 5.75 Å². The molecule has 88 valence electrons. The van der Waals surface area contributed by atoms with Crippen LogP contribution in [0.15, 0.2) is 24.3 Å². The van der Waals surface area contributed by atoms with Crippen LogP contribution in [0.4, 0.5) is 0 Å². The minimum absolute atomic E-state index is 0.487. The van der Waals surface area contributed by atoms with E-state index in [0.717, 1.165) is 12.2 Å². The van der Waals surface area contributed by atoms with Crippen LogP contribution >= 0.6 is 15.9 Å². The Morgan fingerprint density at radius 3 is 2.75 bits per heavy atom. The van der Waals surface area contributed by atoms with Crippen LogP contribution in [0.1, 0.15) is 44.6 Å². The van der Waals surface area contributed by atoms with Gasteiger partial charge in [-0.3, -0.25) is 0 Å². The first kappa shape index (κ1) is 12.0. The van der Waals surface area contributed by atoms with Gasteiger partial charge >= 0.3 is 0 Å². The molecule has 2 heteroatoms. The Labute approximate surface area is 106 Å². The molecule has 1 aliphatic carbocycles. The highest BCUT2D eigenvalue weighted by atomic mass is 79.9. The van der Waals surface area contributed by atoms with Crippen LogP contribution in [-0.4, -0.2) is 10.9 Å². The van der Waals surface area contributed by atoms with E-state index in [2.05, 4.69) is 54.0 Å². The second-order valence-electron chi connectivity index (χ2n) is 4.81. The van der Waals surface area contributed by atoms with Crippen molar-refractivity contribution >= 4 is 15.9 Å². The lowest BCUT2D eigenvalue weighted by Gasteiger charge is -2.14. The van der Waals surface area contributed by atoms with Crippen molar-refractivity contribution in [1.29, 1.82) is 0 Å². The summed E-state index contributed by atoms with van der Waals surface area (Å²) in [4.78, 5) is 0.565. The van der Waals surface area contributed by atoms with E-state index in [9.17, 15) is 0 Å². The van der Waals surface area contributed by atoms with Crippen molar-refractivity contribution < 1.29 is 4.74 Å². The Morgan fingerprint density at radius 1 is 1.38 bits per heavy atom. The highest BCUT2D eigenvalue weighted by Crippen LogP contribution is 2.30. The van der Waals surface area contributed by atoms with Gasteiger partial charge in [-0.15, -0.1) is 0 Å². The third-order valence-corrected chi connectivity index (χ3v) is 3.31. The van der Waals surface area contributed by atoms with E-state index >= 15 is 0 Å². The Balaban J connectivity index is 2.02. The smallest absolute Gasteiger partial charge is 0.119 e. The molecule has 1 aromatic carbocycles. The lowest BCUT2D eigenvalue weighted by molar-refractivity contribution is 0.302. The maximum absolute atomic E-state index is 5.81. The number of alkyl halides is 1. The Bertz CT molecular complexity index is 344. The van der Waals surface area contributed by atoms with Crippen molar-refractivity contribution in [2.75, 3.05) is 0 Å². The van der Waals surface area contributed by atoms with Gasteiger partial charge in [-0.05, 0) is 42.9 Å². The molecular weight excluding hydrogens is 264 g/mol. The van der Waals surface area contributed by atoms with Crippen LogP contribution in [0, 0.1) is 0 Å².